The van der Waals surface area contributed by atoms with E-state index >= 15 is 0 Å². The zero-order chi connectivity index (χ0) is 15.6. The van der Waals surface area contributed by atoms with Crippen molar-refractivity contribution in [1.29, 1.82) is 0 Å². The fraction of sp³-hybridized carbons (Fsp3) is 0.579. The quantitative estimate of drug-likeness (QED) is 0.746. The maximum Gasteiger partial charge on any atom is 0.140 e. The Kier molecular flexibility index (Phi) is 4.39. The lowest BCUT2D eigenvalue weighted by Gasteiger charge is -2.30. The van der Waals surface area contributed by atoms with E-state index in [9.17, 15) is 0 Å². The number of halogens is 1. The van der Waals surface area contributed by atoms with E-state index in [1.165, 1.54) is 51.4 Å². The lowest BCUT2D eigenvalue weighted by molar-refractivity contribution is 0.429. The summed E-state index contributed by atoms with van der Waals surface area (Å²) in [5.74, 6) is 2.70. The summed E-state index contributed by atoms with van der Waals surface area (Å²) in [4.78, 5) is 12.4. The van der Waals surface area contributed by atoms with E-state index in [1.54, 1.807) is 0 Å². The SMILES string of the molecule is Clc1ccc2c(N3CCCCC3)nc(C3CCCCC3)nc2c1. The third-order valence-corrected chi connectivity index (χ3v) is 5.52. The monoisotopic (exact) mass is 329 g/mol. The van der Waals surface area contributed by atoms with Gasteiger partial charge in [0.2, 0.25) is 0 Å². The molecule has 23 heavy (non-hydrogen) atoms. The molecule has 1 aromatic carbocycles. The van der Waals surface area contributed by atoms with Crippen molar-refractivity contribution in [1.82, 2.24) is 9.97 Å². The Morgan fingerprint density at radius 2 is 1.65 bits per heavy atom. The van der Waals surface area contributed by atoms with E-state index < -0.39 is 0 Å². The van der Waals surface area contributed by atoms with Crippen LogP contribution in [0.3, 0.4) is 0 Å². The van der Waals surface area contributed by atoms with Crippen molar-refractivity contribution in [3.8, 4) is 0 Å². The molecule has 3 nitrogen and oxygen atoms in total. The van der Waals surface area contributed by atoms with Crippen LogP contribution in [0.1, 0.15) is 63.1 Å². The molecule has 1 aromatic heterocycles. The van der Waals surface area contributed by atoms with Crippen LogP contribution in [0.15, 0.2) is 18.2 Å². The van der Waals surface area contributed by atoms with Gasteiger partial charge in [0.15, 0.2) is 0 Å². The van der Waals surface area contributed by atoms with Crippen LogP contribution < -0.4 is 4.90 Å². The molecule has 0 bridgehead atoms. The summed E-state index contributed by atoms with van der Waals surface area (Å²) in [6, 6.07) is 6.05. The fourth-order valence-corrected chi connectivity index (χ4v) is 4.16. The highest BCUT2D eigenvalue weighted by Gasteiger charge is 2.22. The minimum absolute atomic E-state index is 0.524. The number of anilines is 1. The summed E-state index contributed by atoms with van der Waals surface area (Å²) in [6.07, 6.45) is 10.3. The Labute approximate surface area is 143 Å². The van der Waals surface area contributed by atoms with Crippen molar-refractivity contribution in [2.45, 2.75) is 57.3 Å². The first-order valence-electron chi connectivity index (χ1n) is 9.03. The third-order valence-electron chi connectivity index (χ3n) is 5.28. The molecule has 0 amide bonds. The maximum absolute atomic E-state index is 6.22. The second-order valence-electron chi connectivity index (χ2n) is 6.95. The normalized spacial score (nSPS) is 20.1. The number of benzene rings is 1. The van der Waals surface area contributed by atoms with Gasteiger partial charge in [0.1, 0.15) is 11.6 Å². The molecule has 0 unspecified atom stereocenters. The van der Waals surface area contributed by atoms with Crippen LogP contribution in [0.2, 0.25) is 5.02 Å². The van der Waals surface area contributed by atoms with Crippen molar-refractivity contribution < 1.29 is 0 Å². The number of hydrogen-bond acceptors (Lipinski definition) is 3. The topological polar surface area (TPSA) is 29.0 Å². The maximum atomic E-state index is 6.22. The summed E-state index contributed by atoms with van der Waals surface area (Å²) >= 11 is 6.22. The second kappa shape index (κ2) is 6.64. The third kappa shape index (κ3) is 3.16. The number of hydrogen-bond donors (Lipinski definition) is 0. The van der Waals surface area contributed by atoms with Crippen molar-refractivity contribution in [3.63, 3.8) is 0 Å². The first-order chi connectivity index (χ1) is 11.3. The molecule has 0 N–H and O–H groups in total. The molecule has 1 aliphatic heterocycles. The van der Waals surface area contributed by atoms with Crippen molar-refractivity contribution in [2.24, 2.45) is 0 Å². The Hall–Kier alpha value is -1.35. The Morgan fingerprint density at radius 1 is 0.913 bits per heavy atom. The van der Waals surface area contributed by atoms with Gasteiger partial charge in [-0.3, -0.25) is 0 Å². The lowest BCUT2D eigenvalue weighted by atomic mass is 9.88. The second-order valence-corrected chi connectivity index (χ2v) is 7.39. The van der Waals surface area contributed by atoms with Gasteiger partial charge in [0, 0.05) is 29.4 Å². The molecular formula is C19H24ClN3. The van der Waals surface area contributed by atoms with Crippen LogP contribution in [-0.4, -0.2) is 23.1 Å². The van der Waals surface area contributed by atoms with Crippen molar-refractivity contribution in [2.75, 3.05) is 18.0 Å². The average molecular weight is 330 g/mol. The molecule has 0 atom stereocenters. The smallest absolute Gasteiger partial charge is 0.140 e. The summed E-state index contributed by atoms with van der Waals surface area (Å²) in [7, 11) is 0. The molecule has 4 heteroatoms. The standard InChI is InChI=1S/C19H24ClN3/c20-15-9-10-16-17(13-15)21-18(14-7-3-1-4-8-14)22-19(16)23-11-5-2-6-12-23/h9-10,13-14H,1-8,11-12H2. The van der Waals surface area contributed by atoms with Gasteiger partial charge in [-0.05, 0) is 50.3 Å². The number of aromatic nitrogens is 2. The molecular weight excluding hydrogens is 306 g/mol. The first-order valence-corrected chi connectivity index (χ1v) is 9.41. The molecule has 1 saturated carbocycles. The lowest BCUT2D eigenvalue weighted by Crippen LogP contribution is -2.31. The highest BCUT2D eigenvalue weighted by Crippen LogP contribution is 2.35. The molecule has 0 spiro atoms. The molecule has 2 heterocycles. The van der Waals surface area contributed by atoms with Gasteiger partial charge in [0.25, 0.3) is 0 Å². The zero-order valence-corrected chi connectivity index (χ0v) is 14.4. The number of fused-ring (bicyclic) bond motifs is 1. The summed E-state index contributed by atoms with van der Waals surface area (Å²) in [6.45, 7) is 2.22. The van der Waals surface area contributed by atoms with Gasteiger partial charge in [0.05, 0.1) is 5.52 Å². The predicted molar refractivity (Wildman–Crippen MR) is 96.4 cm³/mol. The summed E-state index contributed by atoms with van der Waals surface area (Å²) < 4.78 is 0. The van der Waals surface area contributed by atoms with E-state index in [0.29, 0.717) is 5.92 Å². The van der Waals surface area contributed by atoms with E-state index in [1.807, 2.05) is 12.1 Å². The van der Waals surface area contributed by atoms with E-state index in [-0.39, 0.29) is 0 Å². The highest BCUT2D eigenvalue weighted by atomic mass is 35.5. The minimum Gasteiger partial charge on any atom is -0.356 e. The highest BCUT2D eigenvalue weighted by molar-refractivity contribution is 6.31. The van der Waals surface area contributed by atoms with Crippen LogP contribution in [-0.2, 0) is 0 Å². The predicted octanol–water partition coefficient (Wildman–Crippen LogP) is 5.32. The zero-order valence-electron chi connectivity index (χ0n) is 13.6. The van der Waals surface area contributed by atoms with E-state index in [2.05, 4.69) is 11.0 Å². The van der Waals surface area contributed by atoms with Gasteiger partial charge >= 0.3 is 0 Å². The van der Waals surface area contributed by atoms with Crippen LogP contribution >= 0.6 is 11.6 Å². The van der Waals surface area contributed by atoms with Crippen LogP contribution in [0.4, 0.5) is 5.82 Å². The number of rotatable bonds is 2. The van der Waals surface area contributed by atoms with Gasteiger partial charge in [-0.15, -0.1) is 0 Å². The van der Waals surface area contributed by atoms with E-state index in [4.69, 9.17) is 21.6 Å². The van der Waals surface area contributed by atoms with Gasteiger partial charge in [-0.2, -0.15) is 0 Å². The molecule has 4 rings (SSSR count). The van der Waals surface area contributed by atoms with Gasteiger partial charge < -0.3 is 4.90 Å². The molecule has 0 radical (unpaired) electrons. The van der Waals surface area contributed by atoms with Crippen LogP contribution in [0.5, 0.6) is 0 Å². The molecule has 1 saturated heterocycles. The van der Waals surface area contributed by atoms with Crippen molar-refractivity contribution in [3.05, 3.63) is 29.0 Å². The van der Waals surface area contributed by atoms with Crippen molar-refractivity contribution >= 4 is 28.3 Å². The Morgan fingerprint density at radius 3 is 2.43 bits per heavy atom. The molecule has 122 valence electrons. The van der Waals surface area contributed by atoms with E-state index in [0.717, 1.165) is 40.7 Å². The molecule has 2 aliphatic rings. The molecule has 2 fully saturated rings. The number of nitrogens with zero attached hydrogens (tertiary/aromatic N) is 3. The number of piperidine rings is 1. The summed E-state index contributed by atoms with van der Waals surface area (Å²) in [5.41, 5.74) is 1.01. The van der Waals surface area contributed by atoms with Crippen LogP contribution in [0, 0.1) is 0 Å². The average Bonchev–Trinajstić information content (AvgIpc) is 2.62. The van der Waals surface area contributed by atoms with Gasteiger partial charge in [-0.1, -0.05) is 30.9 Å². The first kappa shape index (κ1) is 15.2. The minimum atomic E-state index is 0.524. The molecule has 1 aliphatic carbocycles. The largest absolute Gasteiger partial charge is 0.356 e. The van der Waals surface area contributed by atoms with Crippen LogP contribution in [0.25, 0.3) is 10.9 Å². The van der Waals surface area contributed by atoms with Gasteiger partial charge in [-0.25, -0.2) is 9.97 Å². The molecule has 2 aromatic rings. The Bertz CT molecular complexity index is 688. The Balaban J connectivity index is 1.80. The summed E-state index contributed by atoms with van der Waals surface area (Å²) in [5, 5.41) is 1.91. The fourth-order valence-electron chi connectivity index (χ4n) is 3.99.